The van der Waals surface area contributed by atoms with Crippen LogP contribution in [0.4, 0.5) is 4.39 Å². The number of nitrogens with zero attached hydrogens (tertiary/aromatic N) is 2. The van der Waals surface area contributed by atoms with Gasteiger partial charge in [0.15, 0.2) is 0 Å². The highest BCUT2D eigenvalue weighted by molar-refractivity contribution is 5.79. The van der Waals surface area contributed by atoms with Crippen molar-refractivity contribution in [3.63, 3.8) is 0 Å². The van der Waals surface area contributed by atoms with E-state index in [2.05, 4.69) is 15.2 Å². The fourth-order valence-electron chi connectivity index (χ4n) is 4.47. The fraction of sp³-hybridized carbons (Fsp3) is 0.500. The Morgan fingerprint density at radius 1 is 1.14 bits per heavy atom. The lowest BCUT2D eigenvalue weighted by Gasteiger charge is -2.38. The van der Waals surface area contributed by atoms with E-state index >= 15 is 0 Å². The number of hydrogen-bond donors (Lipinski definition) is 1. The smallest absolute Gasteiger partial charge is 0.223 e. The van der Waals surface area contributed by atoms with E-state index in [4.69, 9.17) is 0 Å². The van der Waals surface area contributed by atoms with Crippen LogP contribution in [0.1, 0.15) is 62.2 Å². The molecule has 29 heavy (non-hydrogen) atoms. The molecule has 0 bridgehead atoms. The highest BCUT2D eigenvalue weighted by atomic mass is 19.1. The molecular formula is C24H30FN3O. The molecule has 1 aromatic heterocycles. The Balaban J connectivity index is 1.48. The Morgan fingerprint density at radius 2 is 2.03 bits per heavy atom. The molecule has 1 aliphatic heterocycles. The van der Waals surface area contributed by atoms with Crippen molar-refractivity contribution in [2.45, 2.75) is 63.6 Å². The van der Waals surface area contributed by atoms with Crippen molar-refractivity contribution in [1.29, 1.82) is 0 Å². The van der Waals surface area contributed by atoms with E-state index in [1.807, 2.05) is 24.3 Å². The number of carbonyl (C=O) groups excluding carboxylic acids is 1. The number of pyridine rings is 1. The van der Waals surface area contributed by atoms with Gasteiger partial charge in [-0.1, -0.05) is 31.0 Å². The molecule has 1 aromatic carbocycles. The molecule has 5 heteroatoms. The van der Waals surface area contributed by atoms with Crippen molar-refractivity contribution in [3.8, 4) is 0 Å². The minimum atomic E-state index is -0.185. The second-order valence-corrected chi connectivity index (χ2v) is 8.43. The van der Waals surface area contributed by atoms with Crippen molar-refractivity contribution < 1.29 is 9.18 Å². The highest BCUT2D eigenvalue weighted by Gasteiger charge is 2.31. The molecule has 1 amide bonds. The molecule has 0 spiro atoms. The van der Waals surface area contributed by atoms with Gasteiger partial charge in [0.2, 0.25) is 5.91 Å². The van der Waals surface area contributed by atoms with Crippen molar-refractivity contribution in [1.82, 2.24) is 15.2 Å². The van der Waals surface area contributed by atoms with Gasteiger partial charge in [-0.2, -0.15) is 0 Å². The maximum atomic E-state index is 13.6. The van der Waals surface area contributed by atoms with Gasteiger partial charge in [0, 0.05) is 24.7 Å². The van der Waals surface area contributed by atoms with E-state index in [0.717, 1.165) is 62.9 Å². The van der Waals surface area contributed by atoms with Crippen molar-refractivity contribution in [2.75, 3.05) is 6.54 Å². The molecule has 4 nitrogen and oxygen atoms in total. The molecule has 154 valence electrons. The maximum absolute atomic E-state index is 13.6. The first-order chi connectivity index (χ1) is 14.2. The zero-order chi connectivity index (χ0) is 20.1. The third-order valence-corrected chi connectivity index (χ3v) is 6.37. The molecule has 1 saturated carbocycles. The number of nitrogens with one attached hydrogen (secondary N) is 1. The van der Waals surface area contributed by atoms with Gasteiger partial charge in [-0.15, -0.1) is 0 Å². The van der Waals surface area contributed by atoms with Gasteiger partial charge in [0.1, 0.15) is 5.82 Å². The van der Waals surface area contributed by atoms with E-state index in [1.54, 1.807) is 18.3 Å². The molecule has 0 radical (unpaired) electrons. The van der Waals surface area contributed by atoms with Gasteiger partial charge >= 0.3 is 0 Å². The van der Waals surface area contributed by atoms with Gasteiger partial charge in [-0.3, -0.25) is 14.7 Å². The number of halogens is 1. The Morgan fingerprint density at radius 3 is 2.76 bits per heavy atom. The molecule has 1 N–H and O–H groups in total. The second-order valence-electron chi connectivity index (χ2n) is 8.43. The summed E-state index contributed by atoms with van der Waals surface area (Å²) in [7, 11) is 0. The summed E-state index contributed by atoms with van der Waals surface area (Å²) in [6.45, 7) is 1.75. The number of likely N-dealkylation sites (tertiary alicyclic amines) is 1. The molecule has 2 aliphatic rings. The monoisotopic (exact) mass is 395 g/mol. The van der Waals surface area contributed by atoms with Crippen LogP contribution < -0.4 is 5.32 Å². The van der Waals surface area contributed by atoms with E-state index < -0.39 is 0 Å². The summed E-state index contributed by atoms with van der Waals surface area (Å²) >= 11 is 0. The number of carbonyl (C=O) groups is 1. The van der Waals surface area contributed by atoms with Gasteiger partial charge in [-0.25, -0.2) is 4.39 Å². The highest BCUT2D eigenvalue weighted by Crippen LogP contribution is 2.30. The summed E-state index contributed by atoms with van der Waals surface area (Å²) in [4.78, 5) is 19.7. The Bertz CT molecular complexity index is 809. The number of piperidine rings is 1. The molecule has 1 saturated heterocycles. The maximum Gasteiger partial charge on any atom is 0.223 e. The molecule has 0 unspecified atom stereocenters. The second kappa shape index (κ2) is 9.49. The van der Waals surface area contributed by atoms with Crippen molar-refractivity contribution in [3.05, 3.63) is 65.7 Å². The largest absolute Gasteiger partial charge is 0.347 e. The predicted octanol–water partition coefficient (Wildman–Crippen LogP) is 4.62. The van der Waals surface area contributed by atoms with E-state index in [1.165, 1.54) is 12.5 Å². The summed E-state index contributed by atoms with van der Waals surface area (Å²) < 4.78 is 13.6. The number of hydrogen-bond acceptors (Lipinski definition) is 3. The van der Waals surface area contributed by atoms with Crippen LogP contribution in [-0.4, -0.2) is 28.4 Å². The van der Waals surface area contributed by atoms with E-state index in [0.29, 0.717) is 6.04 Å². The van der Waals surface area contributed by atoms with Crippen LogP contribution in [0.2, 0.25) is 0 Å². The lowest BCUT2D eigenvalue weighted by Crippen LogP contribution is -2.44. The van der Waals surface area contributed by atoms with E-state index in [9.17, 15) is 9.18 Å². The van der Waals surface area contributed by atoms with Gasteiger partial charge in [-0.05, 0) is 68.5 Å². The van der Waals surface area contributed by atoms with Crippen LogP contribution in [0.3, 0.4) is 0 Å². The molecule has 2 heterocycles. The summed E-state index contributed by atoms with van der Waals surface area (Å²) in [5.41, 5.74) is 1.93. The van der Waals surface area contributed by atoms with Gasteiger partial charge in [0.05, 0.1) is 11.7 Å². The lowest BCUT2D eigenvalue weighted by atomic mass is 9.84. The zero-order valence-corrected chi connectivity index (χ0v) is 16.9. The Hall–Kier alpha value is -2.27. The molecule has 2 fully saturated rings. The van der Waals surface area contributed by atoms with Crippen LogP contribution in [0.5, 0.6) is 0 Å². The molecule has 1 aliphatic carbocycles. The number of rotatable bonds is 7. The van der Waals surface area contributed by atoms with Gasteiger partial charge in [0.25, 0.3) is 0 Å². The quantitative estimate of drug-likeness (QED) is 0.744. The number of aromatic nitrogens is 1. The zero-order valence-electron chi connectivity index (χ0n) is 16.9. The topological polar surface area (TPSA) is 45.2 Å². The number of benzene rings is 1. The average Bonchev–Trinajstić information content (AvgIpc) is 2.68. The van der Waals surface area contributed by atoms with Crippen LogP contribution in [0, 0.1) is 11.7 Å². The van der Waals surface area contributed by atoms with Crippen molar-refractivity contribution in [2.24, 2.45) is 5.92 Å². The third kappa shape index (κ3) is 5.21. The number of amides is 1. The first kappa shape index (κ1) is 20.0. The van der Waals surface area contributed by atoms with E-state index in [-0.39, 0.29) is 23.7 Å². The minimum absolute atomic E-state index is 0.0811. The minimum Gasteiger partial charge on any atom is -0.347 e. The Kier molecular flexibility index (Phi) is 6.55. The molecule has 4 rings (SSSR count). The SMILES string of the molecule is O=C(N[C@@H](C[C@H]1CCCCN1Cc1cccc(F)c1)c1ccccn1)C1CCC1. The Labute approximate surface area is 172 Å². The van der Waals surface area contributed by atoms with Crippen LogP contribution >= 0.6 is 0 Å². The average molecular weight is 396 g/mol. The first-order valence-electron chi connectivity index (χ1n) is 10.9. The summed E-state index contributed by atoms with van der Waals surface area (Å²) in [6.07, 6.45) is 9.22. The first-order valence-corrected chi connectivity index (χ1v) is 10.9. The standard InChI is InChI=1S/C24H30FN3O/c25-20-10-5-7-18(15-20)17-28-14-4-2-11-21(28)16-23(22-12-1-3-13-26-22)27-24(29)19-8-6-9-19/h1,3,5,7,10,12-13,15,19,21,23H,2,4,6,8-9,11,14,16-17H2,(H,27,29)/t21-,23+/m1/s1. The van der Waals surface area contributed by atoms with Crippen LogP contribution in [0.15, 0.2) is 48.7 Å². The van der Waals surface area contributed by atoms with Crippen LogP contribution in [-0.2, 0) is 11.3 Å². The summed E-state index contributed by atoms with van der Waals surface area (Å²) in [5, 5.41) is 3.29. The lowest BCUT2D eigenvalue weighted by molar-refractivity contribution is -0.128. The third-order valence-electron chi connectivity index (χ3n) is 6.37. The fourth-order valence-corrected chi connectivity index (χ4v) is 4.47. The van der Waals surface area contributed by atoms with Crippen molar-refractivity contribution >= 4 is 5.91 Å². The predicted molar refractivity (Wildman–Crippen MR) is 112 cm³/mol. The summed E-state index contributed by atoms with van der Waals surface area (Å²) in [6, 6.07) is 13.0. The normalized spacial score (nSPS) is 21.3. The van der Waals surface area contributed by atoms with Gasteiger partial charge < -0.3 is 5.32 Å². The molecular weight excluding hydrogens is 365 g/mol. The summed E-state index contributed by atoms with van der Waals surface area (Å²) in [5.74, 6) is 0.144. The molecule has 2 atom stereocenters. The van der Waals surface area contributed by atoms with Crippen LogP contribution in [0.25, 0.3) is 0 Å². The molecule has 2 aromatic rings.